The Balaban J connectivity index is 0. The monoisotopic (exact) mass is 114 g/mol. The fraction of sp³-hybridized carbons (Fsp3) is 0. The van der Waals surface area contributed by atoms with Crippen LogP contribution in [-0.2, 0) is 0 Å². The average Bonchev–Trinajstić information content (AvgIpc) is 1.65. The maximum atomic E-state index is 8.78. The van der Waals surface area contributed by atoms with E-state index >= 15 is 0 Å². The van der Waals surface area contributed by atoms with Crippen LogP contribution >= 0.6 is 0 Å². The summed E-state index contributed by atoms with van der Waals surface area (Å²) in [5.74, 6) is 0. The first kappa shape index (κ1) is 9.71. The third-order valence-corrected chi connectivity index (χ3v) is 0.0913. The van der Waals surface area contributed by atoms with E-state index in [2.05, 4.69) is 12.3 Å². The molecule has 0 heterocycles. The maximum Gasteiger partial charge on any atom is 0.402 e. The van der Waals surface area contributed by atoms with E-state index in [1.54, 1.807) is 6.07 Å². The Kier molecular flexibility index (Phi) is 11.0. The summed E-state index contributed by atoms with van der Waals surface area (Å²) in [6.07, 6.45) is -0.153. The van der Waals surface area contributed by atoms with Crippen LogP contribution in [0.25, 0.3) is 0 Å². The van der Waals surface area contributed by atoms with E-state index in [0.29, 0.717) is 0 Å². The lowest BCUT2D eigenvalue weighted by Gasteiger charge is -1.61. The topological polar surface area (TPSA) is 87.1 Å². The van der Waals surface area contributed by atoms with Gasteiger partial charge in [-0.3, -0.25) is 0 Å². The van der Waals surface area contributed by atoms with Gasteiger partial charge in [0.1, 0.15) is 0 Å². The Morgan fingerprint density at radius 3 is 2.12 bits per heavy atom. The van der Waals surface area contributed by atoms with E-state index < -0.39 is 6.09 Å². The van der Waals surface area contributed by atoms with Crippen molar-refractivity contribution in [3.63, 3.8) is 0 Å². The predicted octanol–water partition coefficient (Wildman–Crippen LogP) is 0.319. The molecule has 0 saturated heterocycles. The van der Waals surface area contributed by atoms with Crippen LogP contribution in [0.5, 0.6) is 0 Å². The zero-order valence-corrected chi connectivity index (χ0v) is 4.16. The van der Waals surface area contributed by atoms with Crippen molar-refractivity contribution in [2.24, 2.45) is 5.73 Å². The summed E-state index contributed by atoms with van der Waals surface area (Å²) < 4.78 is 0. The molecule has 0 bridgehead atoms. The number of allylic oxidation sites excluding steroid dienone is 1. The minimum Gasteiger partial charge on any atom is -0.465 e. The van der Waals surface area contributed by atoms with Gasteiger partial charge in [0.25, 0.3) is 0 Å². The molecule has 44 valence electrons. The number of carbonyl (C=O) groups is 1. The molecule has 0 radical (unpaired) electrons. The van der Waals surface area contributed by atoms with Crippen LogP contribution in [0.2, 0.25) is 0 Å². The van der Waals surface area contributed by atoms with Gasteiger partial charge in [0.2, 0.25) is 0 Å². The van der Waals surface area contributed by atoms with E-state index in [9.17, 15) is 0 Å². The number of carboxylic acid groups (broad SMARTS) is 1. The molecule has 0 aliphatic carbocycles. The van der Waals surface area contributed by atoms with Crippen LogP contribution in [0.4, 0.5) is 4.79 Å². The third kappa shape index (κ3) is 220. The number of nitrogens with zero attached hydrogens (tertiary/aromatic N) is 1. The number of hydrogen-bond donors (Lipinski definition) is 2. The lowest BCUT2D eigenvalue weighted by atomic mass is 10.8. The van der Waals surface area contributed by atoms with Gasteiger partial charge in [-0.2, -0.15) is 5.26 Å². The van der Waals surface area contributed by atoms with Gasteiger partial charge in [0.05, 0.1) is 6.07 Å². The molecule has 0 aliphatic rings. The van der Waals surface area contributed by atoms with E-state index in [1.807, 2.05) is 0 Å². The largest absolute Gasteiger partial charge is 0.465 e. The zero-order chi connectivity index (χ0) is 6.99. The molecule has 0 aromatic heterocycles. The van der Waals surface area contributed by atoms with Gasteiger partial charge in [-0.15, -0.1) is 0 Å². The summed E-state index contributed by atoms with van der Waals surface area (Å²) in [5, 5.41) is 14.7. The first-order chi connectivity index (χ1) is 3.65. The normalized spacial score (nSPS) is 4.88. The first-order valence-electron chi connectivity index (χ1n) is 1.64. The van der Waals surface area contributed by atoms with Crippen LogP contribution in [-0.4, -0.2) is 11.2 Å². The van der Waals surface area contributed by atoms with Crippen LogP contribution in [0, 0.1) is 11.3 Å². The molecular weight excluding hydrogens is 108 g/mol. The maximum absolute atomic E-state index is 8.78. The number of primary amides is 1. The highest BCUT2D eigenvalue weighted by Gasteiger charge is 1.65. The van der Waals surface area contributed by atoms with Gasteiger partial charge in [-0.1, -0.05) is 6.58 Å². The Morgan fingerprint density at radius 2 is 2.12 bits per heavy atom. The molecule has 1 amide bonds. The first-order valence-corrected chi connectivity index (χ1v) is 1.64. The van der Waals surface area contributed by atoms with Crippen LogP contribution < -0.4 is 5.73 Å². The SMILES string of the molecule is C=CC#N.NC(=O)O. The third-order valence-electron chi connectivity index (χ3n) is 0.0913. The van der Waals surface area contributed by atoms with Gasteiger partial charge < -0.3 is 10.8 Å². The van der Waals surface area contributed by atoms with Gasteiger partial charge >= 0.3 is 6.09 Å². The van der Waals surface area contributed by atoms with Crippen LogP contribution in [0.15, 0.2) is 12.7 Å². The molecule has 0 unspecified atom stereocenters. The summed E-state index contributed by atoms with van der Waals surface area (Å²) in [6, 6.07) is 1.69. The van der Waals surface area contributed by atoms with Gasteiger partial charge in [0, 0.05) is 6.08 Å². The molecule has 0 aromatic rings. The molecule has 3 N–H and O–H groups in total. The molecule has 4 nitrogen and oxygen atoms in total. The minimum absolute atomic E-state index is 1.18. The molecule has 0 spiro atoms. The second kappa shape index (κ2) is 9.09. The number of nitrogens with two attached hydrogens (primary N) is 1. The smallest absolute Gasteiger partial charge is 0.402 e. The fourth-order valence-corrected chi connectivity index (χ4v) is 0. The van der Waals surface area contributed by atoms with Crippen molar-refractivity contribution in [1.82, 2.24) is 0 Å². The second-order valence-electron chi connectivity index (χ2n) is 0.671. The highest BCUT2D eigenvalue weighted by Crippen LogP contribution is 1.41. The van der Waals surface area contributed by atoms with Crippen LogP contribution in [0.1, 0.15) is 0 Å². The lowest BCUT2D eigenvalue weighted by molar-refractivity contribution is 0.205. The summed E-state index contributed by atoms with van der Waals surface area (Å²) in [5.41, 5.74) is 4.03. The standard InChI is InChI=1S/C3H3N.CH3NO2/c1-2-3-4;2-1(3)4/h2H,1H2;2H2,(H,3,4). The number of nitriles is 1. The molecule has 8 heavy (non-hydrogen) atoms. The van der Waals surface area contributed by atoms with E-state index in [1.165, 1.54) is 6.08 Å². The van der Waals surface area contributed by atoms with Crippen molar-refractivity contribution in [2.45, 2.75) is 0 Å². The van der Waals surface area contributed by atoms with E-state index in [-0.39, 0.29) is 0 Å². The number of hydrogen-bond acceptors (Lipinski definition) is 2. The minimum atomic E-state index is -1.33. The molecule has 0 saturated carbocycles. The van der Waals surface area contributed by atoms with Crippen molar-refractivity contribution in [1.29, 1.82) is 5.26 Å². The molecule has 0 fully saturated rings. The quantitative estimate of drug-likeness (QED) is 0.444. The van der Waals surface area contributed by atoms with Crippen molar-refractivity contribution in [3.8, 4) is 6.07 Å². The molecule has 0 rings (SSSR count). The summed E-state index contributed by atoms with van der Waals surface area (Å²) >= 11 is 0. The molecule has 0 aliphatic heterocycles. The van der Waals surface area contributed by atoms with Gasteiger partial charge in [0.15, 0.2) is 0 Å². The lowest BCUT2D eigenvalue weighted by Crippen LogP contribution is -2.03. The average molecular weight is 114 g/mol. The highest BCUT2D eigenvalue weighted by atomic mass is 16.4. The van der Waals surface area contributed by atoms with Crippen molar-refractivity contribution < 1.29 is 9.90 Å². The summed E-state index contributed by atoms with van der Waals surface area (Å²) in [4.78, 5) is 8.78. The van der Waals surface area contributed by atoms with Gasteiger partial charge in [-0.25, -0.2) is 4.79 Å². The molecular formula is C4H6N2O2. The zero-order valence-electron chi connectivity index (χ0n) is 4.16. The fourth-order valence-electron chi connectivity index (χ4n) is 0. The predicted molar refractivity (Wildman–Crippen MR) is 28.0 cm³/mol. The van der Waals surface area contributed by atoms with Crippen molar-refractivity contribution in [2.75, 3.05) is 0 Å². The molecule has 0 aromatic carbocycles. The van der Waals surface area contributed by atoms with Gasteiger partial charge in [-0.05, 0) is 0 Å². The second-order valence-corrected chi connectivity index (χ2v) is 0.671. The van der Waals surface area contributed by atoms with Crippen LogP contribution in [0.3, 0.4) is 0 Å². The summed E-state index contributed by atoms with van der Waals surface area (Å²) in [6.45, 7) is 3.12. The van der Waals surface area contributed by atoms with E-state index in [4.69, 9.17) is 15.2 Å². The number of amides is 1. The Hall–Kier alpha value is -1.50. The van der Waals surface area contributed by atoms with E-state index in [0.717, 1.165) is 0 Å². The molecule has 0 atom stereocenters. The number of rotatable bonds is 0. The highest BCUT2D eigenvalue weighted by molar-refractivity contribution is 5.61. The molecule has 4 heteroatoms. The summed E-state index contributed by atoms with van der Waals surface area (Å²) in [7, 11) is 0. The van der Waals surface area contributed by atoms with Crippen molar-refractivity contribution >= 4 is 6.09 Å². The van der Waals surface area contributed by atoms with Crippen molar-refractivity contribution in [3.05, 3.63) is 12.7 Å². The Bertz CT molecular complexity index is 110. The Morgan fingerprint density at radius 1 is 2.00 bits per heavy atom. The Labute approximate surface area is 46.8 Å².